The zero-order valence-corrected chi connectivity index (χ0v) is 18.1. The molecule has 0 amide bonds. The van der Waals surface area contributed by atoms with Gasteiger partial charge in [0.2, 0.25) is 0 Å². The molecule has 29 heavy (non-hydrogen) atoms. The molecule has 1 aromatic rings. The van der Waals surface area contributed by atoms with Gasteiger partial charge in [-0.2, -0.15) is 0 Å². The molecule has 0 bridgehead atoms. The molecular weight excluding hydrogens is 366 g/mol. The number of fused-ring (bicyclic) bond motifs is 2. The Bertz CT molecular complexity index is 909. The summed E-state index contributed by atoms with van der Waals surface area (Å²) in [6.45, 7) is 6.74. The minimum Gasteiger partial charge on any atom is -0.364 e. The first kappa shape index (κ1) is 22.0. The summed E-state index contributed by atoms with van der Waals surface area (Å²) >= 11 is 0. The lowest BCUT2D eigenvalue weighted by atomic mass is 9.85. The van der Waals surface area contributed by atoms with Crippen LogP contribution in [0.15, 0.2) is 41.5 Å². The van der Waals surface area contributed by atoms with Gasteiger partial charge in [0, 0.05) is 12.2 Å². The van der Waals surface area contributed by atoms with Crippen molar-refractivity contribution in [3.8, 4) is 0 Å². The van der Waals surface area contributed by atoms with E-state index in [1.54, 1.807) is 0 Å². The molecule has 0 saturated heterocycles. The van der Waals surface area contributed by atoms with E-state index in [9.17, 15) is 0 Å². The van der Waals surface area contributed by atoms with E-state index in [1.807, 2.05) is 25.1 Å². The van der Waals surface area contributed by atoms with E-state index in [0.717, 1.165) is 54.5 Å². The van der Waals surface area contributed by atoms with Gasteiger partial charge in [0.15, 0.2) is 11.7 Å². The third kappa shape index (κ3) is 4.55. The Morgan fingerprint density at radius 1 is 0.931 bits per heavy atom. The summed E-state index contributed by atoms with van der Waals surface area (Å²) in [5.74, 6) is -1.51. The average molecular weight is 401 g/mol. The lowest BCUT2D eigenvalue weighted by Crippen LogP contribution is -2.35. The van der Waals surface area contributed by atoms with Gasteiger partial charge in [-0.3, -0.25) is 0 Å². The van der Waals surface area contributed by atoms with Gasteiger partial charge in [-0.05, 0) is 59.4 Å². The minimum atomic E-state index is -1.27. The van der Waals surface area contributed by atoms with Gasteiger partial charge in [-0.15, -0.1) is 0 Å². The molecule has 2 aliphatic carbocycles. The Morgan fingerprint density at radius 2 is 1.69 bits per heavy atom. The van der Waals surface area contributed by atoms with Crippen LogP contribution in [0.5, 0.6) is 0 Å². The number of unbranched alkanes of at least 4 members (excludes halogenated alkanes) is 4. The second kappa shape index (κ2) is 9.84. The van der Waals surface area contributed by atoms with Gasteiger partial charge < -0.3 is 4.74 Å². The Morgan fingerprint density at radius 3 is 2.41 bits per heavy atom. The maximum atomic E-state index is 15.3. The predicted octanol–water partition coefficient (Wildman–Crippen LogP) is 6.20. The highest BCUT2D eigenvalue weighted by Crippen LogP contribution is 2.43. The summed E-state index contributed by atoms with van der Waals surface area (Å²) in [5, 5.41) is 1.78. The Hall–Kier alpha value is -1.74. The maximum absolute atomic E-state index is 15.3. The van der Waals surface area contributed by atoms with Gasteiger partial charge in [0.25, 0.3) is 0 Å². The second-order valence-electron chi connectivity index (χ2n) is 8.32. The van der Waals surface area contributed by atoms with Crippen LogP contribution in [0.2, 0.25) is 0 Å². The minimum absolute atomic E-state index is 0.390. The fraction of sp³-hybridized carbons (Fsp3) is 0.538. The number of benzene rings is 1. The molecule has 0 saturated carbocycles. The molecule has 1 atom stereocenters. The Kier molecular flexibility index (Phi) is 7.45. The SMILES string of the molecule is CCCCCOC1(CCC)C=C2C=c3cc(CCCCC)ccc3=C2C(F)=C1F. The first-order chi connectivity index (χ1) is 14.1. The van der Waals surface area contributed by atoms with Crippen LogP contribution in [-0.4, -0.2) is 12.2 Å². The maximum Gasteiger partial charge on any atom is 0.172 e. The first-order valence-electron chi connectivity index (χ1n) is 11.3. The highest BCUT2D eigenvalue weighted by atomic mass is 19.2. The first-order valence-corrected chi connectivity index (χ1v) is 11.3. The molecule has 0 radical (unpaired) electrons. The molecule has 3 heteroatoms. The topological polar surface area (TPSA) is 9.23 Å². The summed E-state index contributed by atoms with van der Waals surface area (Å²) in [6, 6.07) is 6.13. The van der Waals surface area contributed by atoms with Crippen LogP contribution in [-0.2, 0) is 11.2 Å². The van der Waals surface area contributed by atoms with Gasteiger partial charge in [0.05, 0.1) is 0 Å². The van der Waals surface area contributed by atoms with Crippen molar-refractivity contribution in [2.24, 2.45) is 0 Å². The molecular formula is C26H34F2O. The zero-order valence-electron chi connectivity index (χ0n) is 18.1. The normalized spacial score (nSPS) is 20.4. The third-order valence-electron chi connectivity index (χ3n) is 5.96. The van der Waals surface area contributed by atoms with E-state index in [-0.39, 0.29) is 0 Å². The van der Waals surface area contributed by atoms with Gasteiger partial charge in [-0.25, -0.2) is 8.78 Å². The van der Waals surface area contributed by atoms with Crippen LogP contribution in [0.25, 0.3) is 11.6 Å². The van der Waals surface area contributed by atoms with E-state index in [1.165, 1.54) is 18.4 Å². The number of hydrogen-bond donors (Lipinski definition) is 0. The predicted molar refractivity (Wildman–Crippen MR) is 117 cm³/mol. The molecule has 0 spiro atoms. The second-order valence-corrected chi connectivity index (χ2v) is 8.32. The van der Waals surface area contributed by atoms with Gasteiger partial charge >= 0.3 is 0 Å². The third-order valence-corrected chi connectivity index (χ3v) is 5.96. The number of aryl methyl sites for hydroxylation is 1. The molecule has 0 heterocycles. The zero-order chi connectivity index (χ0) is 20.9. The highest BCUT2D eigenvalue weighted by molar-refractivity contribution is 5.91. The molecule has 1 nitrogen and oxygen atoms in total. The number of allylic oxidation sites excluding steroid dienone is 2. The van der Waals surface area contributed by atoms with Crippen molar-refractivity contribution in [3.05, 3.63) is 57.5 Å². The van der Waals surface area contributed by atoms with E-state index < -0.39 is 17.3 Å². The van der Waals surface area contributed by atoms with Crippen LogP contribution >= 0.6 is 0 Å². The number of halogens is 2. The Balaban J connectivity index is 1.97. The van der Waals surface area contributed by atoms with E-state index in [2.05, 4.69) is 26.0 Å². The van der Waals surface area contributed by atoms with Crippen molar-refractivity contribution in [1.82, 2.24) is 0 Å². The van der Waals surface area contributed by atoms with Crippen LogP contribution in [0, 0.1) is 0 Å². The smallest absolute Gasteiger partial charge is 0.172 e. The molecule has 158 valence electrons. The van der Waals surface area contributed by atoms with Crippen molar-refractivity contribution in [1.29, 1.82) is 0 Å². The van der Waals surface area contributed by atoms with Crippen molar-refractivity contribution in [2.45, 2.75) is 84.2 Å². The largest absolute Gasteiger partial charge is 0.364 e. The summed E-state index contributed by atoms with van der Waals surface area (Å²) < 4.78 is 36.6. The van der Waals surface area contributed by atoms with Crippen molar-refractivity contribution >= 4 is 11.6 Å². The summed E-state index contributed by atoms with van der Waals surface area (Å²) in [4.78, 5) is 0. The van der Waals surface area contributed by atoms with E-state index in [4.69, 9.17) is 4.74 Å². The summed E-state index contributed by atoms with van der Waals surface area (Å²) in [5.41, 5.74) is 1.14. The average Bonchev–Trinajstić information content (AvgIpc) is 3.07. The van der Waals surface area contributed by atoms with Crippen LogP contribution < -0.4 is 10.4 Å². The molecule has 0 fully saturated rings. The fourth-order valence-corrected chi connectivity index (χ4v) is 4.39. The molecule has 0 aliphatic heterocycles. The van der Waals surface area contributed by atoms with Crippen LogP contribution in [0.4, 0.5) is 8.78 Å². The standard InChI is InChI=1S/C26H34F2O/c1-4-7-9-11-19-12-13-22-20(16-19)17-21-18-26(14-6-3,29-15-10-8-5-2)25(28)24(27)23(21)22/h12-13,16-18H,4-11,14-15H2,1-3H3. The lowest BCUT2D eigenvalue weighted by molar-refractivity contribution is -0.00756. The number of hydrogen-bond acceptors (Lipinski definition) is 1. The van der Waals surface area contributed by atoms with Gasteiger partial charge in [-0.1, -0.05) is 71.1 Å². The highest BCUT2D eigenvalue weighted by Gasteiger charge is 2.42. The molecule has 0 aromatic heterocycles. The molecule has 1 unspecified atom stereocenters. The molecule has 2 aliphatic rings. The number of ether oxygens (including phenoxy) is 1. The molecule has 1 aromatic carbocycles. The summed E-state index contributed by atoms with van der Waals surface area (Å²) in [6.07, 6.45) is 12.5. The summed E-state index contributed by atoms with van der Waals surface area (Å²) in [7, 11) is 0. The fourth-order valence-electron chi connectivity index (χ4n) is 4.39. The van der Waals surface area contributed by atoms with Crippen LogP contribution in [0.1, 0.15) is 77.7 Å². The Labute approximate surface area is 173 Å². The van der Waals surface area contributed by atoms with Crippen molar-refractivity contribution < 1.29 is 13.5 Å². The lowest BCUT2D eigenvalue weighted by Gasteiger charge is -2.33. The van der Waals surface area contributed by atoms with E-state index in [0.29, 0.717) is 18.6 Å². The molecule has 3 rings (SSSR count). The van der Waals surface area contributed by atoms with E-state index >= 15 is 8.78 Å². The number of rotatable bonds is 11. The van der Waals surface area contributed by atoms with Crippen molar-refractivity contribution in [2.75, 3.05) is 6.61 Å². The van der Waals surface area contributed by atoms with Crippen molar-refractivity contribution in [3.63, 3.8) is 0 Å². The molecule has 0 N–H and O–H groups in total. The monoisotopic (exact) mass is 400 g/mol. The quantitative estimate of drug-likeness (QED) is 0.402. The van der Waals surface area contributed by atoms with Gasteiger partial charge in [0.1, 0.15) is 5.60 Å². The van der Waals surface area contributed by atoms with Crippen LogP contribution in [0.3, 0.4) is 0 Å².